The summed E-state index contributed by atoms with van der Waals surface area (Å²) in [5.74, 6) is -0.302. The number of rotatable bonds is 6. The van der Waals surface area contributed by atoms with Gasteiger partial charge in [-0.3, -0.25) is 9.20 Å². The van der Waals surface area contributed by atoms with E-state index in [9.17, 15) is 14.7 Å². The molecule has 0 aliphatic heterocycles. The van der Waals surface area contributed by atoms with E-state index in [1.165, 1.54) is 10.5 Å². The Morgan fingerprint density at radius 3 is 2.61 bits per heavy atom. The fraction of sp³-hybridized carbons (Fsp3) is 0.273. The number of carboxylic acids is 1. The third-order valence-corrected chi connectivity index (χ3v) is 5.18. The SMILES string of the molecule is C=C(/C=C\C(N)=C(/C)OC)c1ccn2c(=O)c(C(=O)O)cc(C3CC3)c2c1C. The average molecular weight is 380 g/mol. The van der Waals surface area contributed by atoms with Gasteiger partial charge in [0.1, 0.15) is 11.3 Å². The van der Waals surface area contributed by atoms with Gasteiger partial charge >= 0.3 is 5.97 Å². The molecule has 1 aliphatic carbocycles. The number of aromatic nitrogens is 1. The zero-order valence-electron chi connectivity index (χ0n) is 16.3. The molecule has 0 atom stereocenters. The molecule has 3 N–H and O–H groups in total. The molecular formula is C22H24N2O4. The molecule has 0 amide bonds. The maximum Gasteiger partial charge on any atom is 0.341 e. The van der Waals surface area contributed by atoms with E-state index in [0.29, 0.717) is 11.5 Å². The van der Waals surface area contributed by atoms with Crippen molar-refractivity contribution in [3.8, 4) is 0 Å². The topological polar surface area (TPSA) is 94.0 Å². The van der Waals surface area contributed by atoms with Crippen LogP contribution in [0.3, 0.4) is 0 Å². The van der Waals surface area contributed by atoms with E-state index in [4.69, 9.17) is 10.5 Å². The number of allylic oxidation sites excluding steroid dienone is 4. The first-order chi connectivity index (χ1) is 13.3. The highest BCUT2D eigenvalue weighted by Gasteiger charge is 2.29. The first kappa shape index (κ1) is 19.5. The Morgan fingerprint density at radius 2 is 2.04 bits per heavy atom. The Hall–Kier alpha value is -3.28. The second-order valence-electron chi connectivity index (χ2n) is 7.05. The number of aryl methyl sites for hydroxylation is 1. The second-order valence-corrected chi connectivity index (χ2v) is 7.05. The lowest BCUT2D eigenvalue weighted by Crippen LogP contribution is -2.23. The number of carboxylic acid groups (broad SMARTS) is 1. The molecule has 0 saturated heterocycles. The van der Waals surface area contributed by atoms with Gasteiger partial charge in [-0.15, -0.1) is 0 Å². The van der Waals surface area contributed by atoms with Crippen molar-refractivity contribution in [1.82, 2.24) is 4.40 Å². The number of hydrogen-bond acceptors (Lipinski definition) is 4. The van der Waals surface area contributed by atoms with Gasteiger partial charge in [0.15, 0.2) is 0 Å². The van der Waals surface area contributed by atoms with Crippen molar-refractivity contribution in [2.24, 2.45) is 5.73 Å². The molecule has 28 heavy (non-hydrogen) atoms. The molecule has 0 bridgehead atoms. The summed E-state index contributed by atoms with van der Waals surface area (Å²) in [6.45, 7) is 7.82. The summed E-state index contributed by atoms with van der Waals surface area (Å²) < 4.78 is 6.55. The van der Waals surface area contributed by atoms with Crippen LogP contribution < -0.4 is 11.3 Å². The van der Waals surface area contributed by atoms with E-state index in [1.807, 2.05) is 6.92 Å². The van der Waals surface area contributed by atoms with Crippen molar-refractivity contribution in [1.29, 1.82) is 0 Å². The molecule has 6 nitrogen and oxygen atoms in total. The first-order valence-corrected chi connectivity index (χ1v) is 9.06. The van der Waals surface area contributed by atoms with Crippen LogP contribution in [-0.4, -0.2) is 22.6 Å². The summed E-state index contributed by atoms with van der Waals surface area (Å²) in [6, 6.07) is 3.32. The number of hydrogen-bond donors (Lipinski definition) is 2. The molecule has 0 unspecified atom stereocenters. The van der Waals surface area contributed by atoms with E-state index >= 15 is 0 Å². The van der Waals surface area contributed by atoms with Gasteiger partial charge in [0.25, 0.3) is 5.56 Å². The number of carbonyl (C=O) groups is 1. The Kier molecular flexibility index (Phi) is 5.14. The monoisotopic (exact) mass is 380 g/mol. The summed E-state index contributed by atoms with van der Waals surface area (Å²) in [5, 5.41) is 9.39. The third-order valence-electron chi connectivity index (χ3n) is 5.18. The summed E-state index contributed by atoms with van der Waals surface area (Å²) in [6.07, 6.45) is 7.14. The van der Waals surface area contributed by atoms with Gasteiger partial charge in [-0.25, -0.2) is 4.79 Å². The normalized spacial score (nSPS) is 15.0. The first-order valence-electron chi connectivity index (χ1n) is 9.06. The van der Waals surface area contributed by atoms with Gasteiger partial charge in [0.05, 0.1) is 18.3 Å². The van der Waals surface area contributed by atoms with Crippen LogP contribution in [0.15, 0.2) is 53.3 Å². The quantitative estimate of drug-likeness (QED) is 0.590. The number of fused-ring (bicyclic) bond motifs is 1. The van der Waals surface area contributed by atoms with Crippen molar-refractivity contribution in [2.75, 3.05) is 7.11 Å². The van der Waals surface area contributed by atoms with Gasteiger partial charge in [0.2, 0.25) is 0 Å². The summed E-state index contributed by atoms with van der Waals surface area (Å²) in [5.41, 5.74) is 9.91. The predicted octanol–water partition coefficient (Wildman–Crippen LogP) is 3.59. The van der Waals surface area contributed by atoms with Crippen molar-refractivity contribution >= 4 is 17.1 Å². The van der Waals surface area contributed by atoms with Gasteiger partial charge in [0, 0.05) is 6.20 Å². The Morgan fingerprint density at radius 1 is 1.36 bits per heavy atom. The lowest BCUT2D eigenvalue weighted by atomic mass is 9.97. The van der Waals surface area contributed by atoms with Crippen LogP contribution in [0.4, 0.5) is 0 Å². The summed E-state index contributed by atoms with van der Waals surface area (Å²) in [4.78, 5) is 24.1. The zero-order valence-corrected chi connectivity index (χ0v) is 16.3. The van der Waals surface area contributed by atoms with Crippen LogP contribution in [0.2, 0.25) is 0 Å². The molecule has 146 valence electrons. The molecule has 2 aromatic rings. The van der Waals surface area contributed by atoms with Crippen LogP contribution in [0.1, 0.15) is 52.7 Å². The highest BCUT2D eigenvalue weighted by molar-refractivity contribution is 5.89. The van der Waals surface area contributed by atoms with Crippen LogP contribution in [0.5, 0.6) is 0 Å². The second kappa shape index (κ2) is 7.38. The minimum absolute atomic E-state index is 0.196. The van der Waals surface area contributed by atoms with Crippen LogP contribution in [-0.2, 0) is 4.74 Å². The maximum absolute atomic E-state index is 12.6. The van der Waals surface area contributed by atoms with E-state index in [2.05, 4.69) is 6.58 Å². The minimum Gasteiger partial charge on any atom is -0.499 e. The standard InChI is InChI=1S/C22H24N2O4/c1-12(5-8-19(23)14(3)28-4)16-9-10-24-20(13(16)2)17(15-6-7-15)11-18(21(24)25)22(26)27/h5,8-11,15H,1,6-7,23H2,2-4H3,(H,26,27)/b8-5-,19-14-. The Balaban J connectivity index is 2.16. The molecule has 6 heteroatoms. The maximum atomic E-state index is 12.6. The van der Waals surface area contributed by atoms with Crippen LogP contribution in [0.25, 0.3) is 11.1 Å². The number of nitrogens with zero attached hydrogens (tertiary/aromatic N) is 1. The van der Waals surface area contributed by atoms with E-state index < -0.39 is 11.5 Å². The zero-order chi connectivity index (χ0) is 20.6. The van der Waals surface area contributed by atoms with Gasteiger partial charge in [-0.1, -0.05) is 12.7 Å². The largest absolute Gasteiger partial charge is 0.499 e. The van der Waals surface area contributed by atoms with Crippen LogP contribution in [0, 0.1) is 6.92 Å². The summed E-state index contributed by atoms with van der Waals surface area (Å²) >= 11 is 0. The van der Waals surface area contributed by atoms with Gasteiger partial charge < -0.3 is 15.6 Å². The number of aromatic carboxylic acids is 1. The molecule has 0 radical (unpaired) electrons. The Labute approximate surface area is 163 Å². The molecule has 2 aromatic heterocycles. The lowest BCUT2D eigenvalue weighted by molar-refractivity contribution is 0.0694. The van der Waals surface area contributed by atoms with E-state index in [1.54, 1.807) is 38.4 Å². The smallest absolute Gasteiger partial charge is 0.341 e. The fourth-order valence-electron chi connectivity index (χ4n) is 3.32. The molecule has 0 aromatic carbocycles. The number of methoxy groups -OCH3 is 1. The number of ether oxygens (including phenoxy) is 1. The minimum atomic E-state index is -1.20. The fourth-order valence-corrected chi connectivity index (χ4v) is 3.32. The number of nitrogens with two attached hydrogens (primary N) is 1. The molecule has 2 heterocycles. The van der Waals surface area contributed by atoms with Gasteiger partial charge in [-0.2, -0.15) is 0 Å². The average Bonchev–Trinajstić information content (AvgIpc) is 3.50. The molecular weight excluding hydrogens is 356 g/mol. The van der Waals surface area contributed by atoms with Crippen molar-refractivity contribution in [3.63, 3.8) is 0 Å². The predicted molar refractivity (Wildman–Crippen MR) is 109 cm³/mol. The van der Waals surface area contributed by atoms with Crippen LogP contribution >= 0.6 is 0 Å². The summed E-state index contributed by atoms with van der Waals surface area (Å²) in [7, 11) is 1.56. The third kappa shape index (κ3) is 3.45. The Bertz CT molecular complexity index is 1100. The van der Waals surface area contributed by atoms with Crippen molar-refractivity contribution in [2.45, 2.75) is 32.6 Å². The van der Waals surface area contributed by atoms with Crippen molar-refractivity contribution < 1.29 is 14.6 Å². The molecule has 1 saturated carbocycles. The van der Waals surface area contributed by atoms with Gasteiger partial charge in [-0.05, 0) is 73.1 Å². The van der Waals surface area contributed by atoms with Crippen molar-refractivity contribution in [3.05, 3.63) is 81.1 Å². The highest BCUT2D eigenvalue weighted by atomic mass is 16.5. The highest BCUT2D eigenvalue weighted by Crippen LogP contribution is 2.43. The number of pyridine rings is 2. The molecule has 3 rings (SSSR count). The van der Waals surface area contributed by atoms with E-state index in [-0.39, 0.29) is 11.5 Å². The molecule has 1 fully saturated rings. The molecule has 0 spiro atoms. The lowest BCUT2D eigenvalue weighted by Gasteiger charge is -2.15. The van der Waals surface area contributed by atoms with E-state index in [0.717, 1.165) is 40.6 Å². The molecule has 1 aliphatic rings.